The van der Waals surface area contributed by atoms with E-state index in [4.69, 9.17) is 0 Å². The first-order valence-corrected chi connectivity index (χ1v) is 3.69. The summed E-state index contributed by atoms with van der Waals surface area (Å²) in [7, 11) is -6.00. The van der Waals surface area contributed by atoms with Crippen LogP contribution in [0.25, 0.3) is 11.2 Å². The maximum Gasteiger partial charge on any atom is 0.673 e. The molecule has 2 aromatic heterocycles. The van der Waals surface area contributed by atoms with Crippen LogP contribution in [0.2, 0.25) is 0 Å². The van der Waals surface area contributed by atoms with E-state index in [0.29, 0.717) is 16.0 Å². The Kier molecular flexibility index (Phi) is 3.07. The summed E-state index contributed by atoms with van der Waals surface area (Å²) < 4.78 is 39.0. The van der Waals surface area contributed by atoms with Gasteiger partial charge in [-0.15, -0.1) is 5.10 Å². The van der Waals surface area contributed by atoms with Gasteiger partial charge in [-0.05, 0) is 11.3 Å². The summed E-state index contributed by atoms with van der Waals surface area (Å²) in [6.45, 7) is 0. The van der Waals surface area contributed by atoms with Crippen LogP contribution in [0.3, 0.4) is 0 Å². The fraction of sp³-hybridized carbons (Fsp3) is 0. The van der Waals surface area contributed by atoms with Gasteiger partial charge in [0.15, 0.2) is 6.20 Å². The van der Waals surface area contributed by atoms with Crippen molar-refractivity contribution in [3.8, 4) is 0 Å². The summed E-state index contributed by atoms with van der Waals surface area (Å²) in [5.41, 5.74) is 1.08. The summed E-state index contributed by atoms with van der Waals surface area (Å²) in [5, 5.41) is 15.7. The molecule has 0 spiro atoms. The van der Waals surface area contributed by atoms with Crippen molar-refractivity contribution in [2.24, 2.45) is 0 Å². The van der Waals surface area contributed by atoms with Crippen LogP contribution >= 0.6 is 0 Å². The lowest BCUT2D eigenvalue weighted by atomic mass is 10.3. The van der Waals surface area contributed by atoms with Gasteiger partial charge in [0.1, 0.15) is 0 Å². The molecule has 0 atom stereocenters. The second kappa shape index (κ2) is 4.11. The van der Waals surface area contributed by atoms with Crippen LogP contribution in [0, 0.1) is 5.21 Å². The van der Waals surface area contributed by atoms with Crippen LogP contribution in [0.15, 0.2) is 18.3 Å². The van der Waals surface area contributed by atoms with Crippen molar-refractivity contribution in [2.45, 2.75) is 0 Å². The van der Waals surface area contributed by atoms with Gasteiger partial charge < -0.3 is 22.5 Å². The number of nitrogens with one attached hydrogen (secondary N) is 2. The zero-order valence-corrected chi connectivity index (χ0v) is 7.12. The molecule has 2 N–H and O–H groups in total. The van der Waals surface area contributed by atoms with Crippen molar-refractivity contribution in [1.82, 2.24) is 10.2 Å². The number of aromatic nitrogens is 4. The lowest BCUT2D eigenvalue weighted by Crippen LogP contribution is -2.31. The van der Waals surface area contributed by atoms with Gasteiger partial charge in [0, 0.05) is 11.1 Å². The number of nitrogens with zero attached hydrogens (tertiary/aromatic N) is 2. The molecular formula is C5H5BF4N4O. The molecule has 0 saturated carbocycles. The molecule has 0 saturated heterocycles. The van der Waals surface area contributed by atoms with Crippen molar-refractivity contribution in [2.75, 3.05) is 0 Å². The Morgan fingerprint density at radius 1 is 1.40 bits per heavy atom. The van der Waals surface area contributed by atoms with E-state index in [2.05, 4.69) is 15.3 Å². The Bertz CT molecular complexity index is 438. The molecule has 0 aliphatic carbocycles. The van der Waals surface area contributed by atoms with E-state index in [0.717, 1.165) is 0 Å². The predicted octanol–water partition coefficient (Wildman–Crippen LogP) is 0.310. The van der Waals surface area contributed by atoms with E-state index >= 15 is 0 Å². The molecule has 0 aromatic carbocycles. The maximum atomic E-state index is 10.7. The van der Waals surface area contributed by atoms with Crippen LogP contribution in [-0.2, 0) is 0 Å². The largest absolute Gasteiger partial charge is 0.673 e. The molecule has 2 heterocycles. The monoisotopic (exact) mass is 224 g/mol. The minimum Gasteiger partial charge on any atom is -0.656 e. The standard InChI is InChI=1S/C5H4N4O.BF4/c10-9-5-4(7-8-9)2-1-3-6-5;2-1(3,4)5/h1-3,8H;/q;-1/p+1. The number of fused-ring (bicyclic) bond motifs is 1. The molecule has 2 aromatic rings. The molecule has 0 amide bonds. The fourth-order valence-electron chi connectivity index (χ4n) is 0.820. The van der Waals surface area contributed by atoms with E-state index in [-0.39, 0.29) is 0 Å². The van der Waals surface area contributed by atoms with E-state index < -0.39 is 7.25 Å². The van der Waals surface area contributed by atoms with E-state index in [1.165, 1.54) is 0 Å². The molecule has 15 heavy (non-hydrogen) atoms. The Morgan fingerprint density at radius 3 is 2.53 bits per heavy atom. The van der Waals surface area contributed by atoms with Gasteiger partial charge in [-0.2, -0.15) is 0 Å². The first-order chi connectivity index (χ1) is 6.88. The third-order valence-corrected chi connectivity index (χ3v) is 1.27. The third kappa shape index (κ3) is 3.79. The topological polar surface area (TPSA) is 69.8 Å². The second-order valence-corrected chi connectivity index (χ2v) is 2.40. The molecule has 5 nitrogen and oxygen atoms in total. The van der Waals surface area contributed by atoms with Gasteiger partial charge in [-0.1, -0.05) is 4.85 Å². The van der Waals surface area contributed by atoms with Crippen LogP contribution in [-0.4, -0.2) is 17.5 Å². The van der Waals surface area contributed by atoms with Crippen molar-refractivity contribution in [3.63, 3.8) is 0 Å². The highest BCUT2D eigenvalue weighted by molar-refractivity contribution is 6.50. The van der Waals surface area contributed by atoms with E-state index in [1.54, 1.807) is 18.3 Å². The highest BCUT2D eigenvalue weighted by atomic mass is 19.5. The highest BCUT2D eigenvalue weighted by Gasteiger charge is 2.20. The van der Waals surface area contributed by atoms with Gasteiger partial charge in [-0.25, -0.2) is 0 Å². The van der Waals surface area contributed by atoms with Crippen molar-refractivity contribution >= 4 is 18.4 Å². The van der Waals surface area contributed by atoms with Crippen molar-refractivity contribution < 1.29 is 27.2 Å². The smallest absolute Gasteiger partial charge is 0.656 e. The molecule has 2 rings (SSSR count). The minimum absolute atomic E-state index is 0.377. The first-order valence-electron chi connectivity index (χ1n) is 3.69. The number of rotatable bonds is 0. The molecule has 0 fully saturated rings. The number of halogens is 4. The van der Waals surface area contributed by atoms with Crippen LogP contribution in [0.5, 0.6) is 0 Å². The molecule has 10 heteroatoms. The lowest BCUT2D eigenvalue weighted by Gasteiger charge is -1.94. The lowest BCUT2D eigenvalue weighted by molar-refractivity contribution is -0.728. The normalized spacial score (nSPS) is 10.9. The quantitative estimate of drug-likeness (QED) is 0.302. The number of H-pyrrole nitrogens is 2. The van der Waals surface area contributed by atoms with Crippen LogP contribution < -0.4 is 9.94 Å². The zero-order chi connectivity index (χ0) is 11.5. The van der Waals surface area contributed by atoms with Gasteiger partial charge in [0.25, 0.3) is 5.52 Å². The summed E-state index contributed by atoms with van der Waals surface area (Å²) in [5.74, 6) is 0. The van der Waals surface area contributed by atoms with Gasteiger partial charge >= 0.3 is 12.9 Å². The van der Waals surface area contributed by atoms with E-state index in [9.17, 15) is 22.5 Å². The number of hydrogen-bond acceptors (Lipinski definition) is 2. The Balaban J connectivity index is 0.000000195. The van der Waals surface area contributed by atoms with Gasteiger partial charge in [0.2, 0.25) is 0 Å². The van der Waals surface area contributed by atoms with Gasteiger partial charge in [-0.3, -0.25) is 0 Å². The molecule has 0 radical (unpaired) electrons. The average Bonchev–Trinajstić information content (AvgIpc) is 2.46. The Labute approximate surface area is 80.4 Å². The Morgan fingerprint density at radius 2 is 2.00 bits per heavy atom. The second-order valence-electron chi connectivity index (χ2n) is 2.40. The summed E-state index contributed by atoms with van der Waals surface area (Å²) in [6.07, 6.45) is 1.57. The van der Waals surface area contributed by atoms with Gasteiger partial charge in [0.05, 0.1) is 0 Å². The molecule has 0 bridgehead atoms. The number of aromatic amines is 2. The summed E-state index contributed by atoms with van der Waals surface area (Å²) in [6, 6.07) is 3.53. The third-order valence-electron chi connectivity index (χ3n) is 1.27. The first kappa shape index (κ1) is 11.2. The molecule has 82 valence electrons. The summed E-state index contributed by atoms with van der Waals surface area (Å²) >= 11 is 0. The van der Waals surface area contributed by atoms with E-state index in [1.807, 2.05) is 0 Å². The van der Waals surface area contributed by atoms with Crippen LogP contribution in [0.1, 0.15) is 0 Å². The van der Waals surface area contributed by atoms with Crippen molar-refractivity contribution in [1.29, 1.82) is 0 Å². The van der Waals surface area contributed by atoms with Crippen LogP contribution in [0.4, 0.5) is 17.3 Å². The molecule has 0 unspecified atom stereocenters. The highest BCUT2D eigenvalue weighted by Crippen LogP contribution is 2.06. The molecule has 0 aliphatic rings. The average molecular weight is 224 g/mol. The molecule has 0 aliphatic heterocycles. The number of hydrogen-bond donors (Lipinski definition) is 1. The predicted molar refractivity (Wildman–Crippen MR) is 41.8 cm³/mol. The SMILES string of the molecule is F[B-](F)(F)F.[O-][n+]1[nH][nH+]c2cccnc21. The fourth-order valence-corrected chi connectivity index (χ4v) is 0.820. The molecular weight excluding hydrogens is 219 g/mol. The minimum atomic E-state index is -6.00. The summed E-state index contributed by atoms with van der Waals surface area (Å²) in [4.78, 5) is 4.41. The number of pyridine rings is 1. The zero-order valence-electron chi connectivity index (χ0n) is 7.12. The Hall–Kier alpha value is -1.87. The van der Waals surface area contributed by atoms with Crippen molar-refractivity contribution in [3.05, 3.63) is 23.5 Å². The maximum absolute atomic E-state index is 10.7.